The van der Waals surface area contributed by atoms with Crippen LogP contribution >= 0.6 is 0 Å². The summed E-state index contributed by atoms with van der Waals surface area (Å²) in [6.45, 7) is 4.20. The van der Waals surface area contributed by atoms with E-state index in [9.17, 15) is 0 Å². The van der Waals surface area contributed by atoms with Gasteiger partial charge in [-0.25, -0.2) is 15.0 Å². The van der Waals surface area contributed by atoms with Crippen LogP contribution in [0.25, 0.3) is 11.4 Å². The number of rotatable bonds is 7. The second-order valence-corrected chi connectivity index (χ2v) is 7.03. The molecule has 1 unspecified atom stereocenters. The molecule has 0 fully saturated rings. The van der Waals surface area contributed by atoms with Gasteiger partial charge in [-0.2, -0.15) is 0 Å². The molecule has 0 amide bonds. The Morgan fingerprint density at radius 2 is 1.67 bits per heavy atom. The molecule has 0 spiro atoms. The van der Waals surface area contributed by atoms with Crippen LogP contribution in [0.1, 0.15) is 41.6 Å². The Kier molecular flexibility index (Phi) is 4.87. The van der Waals surface area contributed by atoms with E-state index in [2.05, 4.69) is 49.0 Å². The SMILES string of the molecule is Cc1cnc(CCc2cnc(C(C)Cc3cnc(-c4ccccc4)[nH]3)[nH]2)[nH]1. The summed E-state index contributed by atoms with van der Waals surface area (Å²) in [5.41, 5.74) is 4.45. The van der Waals surface area contributed by atoms with Crippen molar-refractivity contribution in [3.63, 3.8) is 0 Å². The van der Waals surface area contributed by atoms with Crippen LogP contribution in [0, 0.1) is 6.92 Å². The summed E-state index contributed by atoms with van der Waals surface area (Å²) in [6.07, 6.45) is 8.36. The zero-order chi connectivity index (χ0) is 18.6. The second-order valence-electron chi connectivity index (χ2n) is 7.03. The third kappa shape index (κ3) is 4.16. The molecule has 3 N–H and O–H groups in total. The van der Waals surface area contributed by atoms with Crippen LogP contribution < -0.4 is 0 Å². The largest absolute Gasteiger partial charge is 0.346 e. The lowest BCUT2D eigenvalue weighted by Gasteiger charge is -2.06. The van der Waals surface area contributed by atoms with Gasteiger partial charge in [0.2, 0.25) is 0 Å². The highest BCUT2D eigenvalue weighted by Crippen LogP contribution is 2.20. The molecule has 27 heavy (non-hydrogen) atoms. The molecule has 0 aliphatic carbocycles. The maximum atomic E-state index is 4.57. The third-order valence-electron chi connectivity index (χ3n) is 4.70. The first-order valence-corrected chi connectivity index (χ1v) is 9.31. The summed E-state index contributed by atoms with van der Waals surface area (Å²) in [5, 5.41) is 0. The minimum Gasteiger partial charge on any atom is -0.346 e. The fourth-order valence-electron chi connectivity index (χ4n) is 3.23. The van der Waals surface area contributed by atoms with Crippen LogP contribution in [0.5, 0.6) is 0 Å². The number of nitrogens with one attached hydrogen (secondary N) is 3. The van der Waals surface area contributed by atoms with Crippen molar-refractivity contribution in [2.75, 3.05) is 0 Å². The van der Waals surface area contributed by atoms with Gasteiger partial charge in [0, 0.05) is 53.6 Å². The molecule has 0 bridgehead atoms. The summed E-state index contributed by atoms with van der Waals surface area (Å²) in [4.78, 5) is 23.6. The van der Waals surface area contributed by atoms with E-state index in [1.54, 1.807) is 0 Å². The van der Waals surface area contributed by atoms with Gasteiger partial charge in [0.25, 0.3) is 0 Å². The number of aryl methyl sites for hydroxylation is 3. The van der Waals surface area contributed by atoms with Crippen LogP contribution in [0.15, 0.2) is 48.9 Å². The van der Waals surface area contributed by atoms with Gasteiger partial charge in [0.05, 0.1) is 0 Å². The summed E-state index contributed by atoms with van der Waals surface area (Å²) in [6, 6.07) is 10.2. The predicted octanol–water partition coefficient (Wildman–Crippen LogP) is 3.96. The maximum Gasteiger partial charge on any atom is 0.137 e. The Bertz CT molecular complexity index is 995. The van der Waals surface area contributed by atoms with Gasteiger partial charge in [-0.15, -0.1) is 0 Å². The van der Waals surface area contributed by atoms with E-state index in [4.69, 9.17) is 0 Å². The van der Waals surface area contributed by atoms with Gasteiger partial charge in [0.1, 0.15) is 17.5 Å². The number of imidazole rings is 3. The number of aromatic amines is 3. The van der Waals surface area contributed by atoms with Crippen molar-refractivity contribution in [3.8, 4) is 11.4 Å². The van der Waals surface area contributed by atoms with Gasteiger partial charge >= 0.3 is 0 Å². The van der Waals surface area contributed by atoms with E-state index >= 15 is 0 Å². The van der Waals surface area contributed by atoms with Gasteiger partial charge < -0.3 is 15.0 Å². The first kappa shape index (κ1) is 17.3. The molecule has 3 heterocycles. The number of hydrogen-bond acceptors (Lipinski definition) is 3. The first-order valence-electron chi connectivity index (χ1n) is 9.31. The standard InChI is InChI=1S/C21H24N6/c1-14(10-18-13-24-21(27-18)16-6-4-3-5-7-16)20-23-12-17(26-20)8-9-19-22-11-15(2)25-19/h3-7,11-14H,8-10H2,1-2H3,(H,22,25)(H,23,26)(H,24,27). The van der Waals surface area contributed by atoms with Crippen molar-refractivity contribution in [1.29, 1.82) is 0 Å². The molecule has 138 valence electrons. The molecule has 6 nitrogen and oxygen atoms in total. The van der Waals surface area contributed by atoms with Crippen LogP contribution in [0.4, 0.5) is 0 Å². The summed E-state index contributed by atoms with van der Waals surface area (Å²) < 4.78 is 0. The van der Waals surface area contributed by atoms with Gasteiger partial charge in [-0.1, -0.05) is 37.3 Å². The van der Waals surface area contributed by atoms with Crippen molar-refractivity contribution in [3.05, 3.63) is 77.7 Å². The molecule has 0 saturated heterocycles. The quantitative estimate of drug-likeness (QED) is 0.466. The van der Waals surface area contributed by atoms with Crippen LogP contribution in [-0.4, -0.2) is 29.9 Å². The smallest absolute Gasteiger partial charge is 0.137 e. The van der Waals surface area contributed by atoms with Gasteiger partial charge in [-0.3, -0.25) is 0 Å². The number of hydrogen-bond donors (Lipinski definition) is 3. The van der Waals surface area contributed by atoms with Crippen molar-refractivity contribution >= 4 is 0 Å². The second kappa shape index (κ2) is 7.61. The Morgan fingerprint density at radius 1 is 0.852 bits per heavy atom. The highest BCUT2D eigenvalue weighted by atomic mass is 14.9. The molecular formula is C21H24N6. The molecule has 0 aliphatic heterocycles. The Labute approximate surface area is 158 Å². The summed E-state index contributed by atoms with van der Waals surface area (Å²) in [7, 11) is 0. The molecule has 1 aromatic carbocycles. The fourth-order valence-corrected chi connectivity index (χ4v) is 3.23. The van der Waals surface area contributed by atoms with Gasteiger partial charge in [-0.05, 0) is 19.8 Å². The lowest BCUT2D eigenvalue weighted by atomic mass is 10.1. The van der Waals surface area contributed by atoms with E-state index in [0.717, 1.165) is 59.4 Å². The minimum atomic E-state index is 0.286. The number of nitrogens with zero attached hydrogens (tertiary/aromatic N) is 3. The Morgan fingerprint density at radius 3 is 2.44 bits per heavy atom. The molecule has 0 radical (unpaired) electrons. The van der Waals surface area contributed by atoms with E-state index in [-0.39, 0.29) is 5.92 Å². The van der Waals surface area contributed by atoms with Crippen molar-refractivity contribution < 1.29 is 0 Å². The number of aromatic nitrogens is 6. The predicted molar refractivity (Wildman–Crippen MR) is 105 cm³/mol. The topological polar surface area (TPSA) is 86.0 Å². The van der Waals surface area contributed by atoms with Crippen molar-refractivity contribution in [1.82, 2.24) is 29.9 Å². The first-order chi connectivity index (χ1) is 13.2. The molecule has 4 aromatic rings. The van der Waals surface area contributed by atoms with Gasteiger partial charge in [0.15, 0.2) is 0 Å². The molecule has 1 atom stereocenters. The molecule has 4 rings (SSSR count). The average molecular weight is 360 g/mol. The highest BCUT2D eigenvalue weighted by molar-refractivity contribution is 5.54. The third-order valence-corrected chi connectivity index (χ3v) is 4.70. The van der Waals surface area contributed by atoms with E-state index in [0.29, 0.717) is 0 Å². The summed E-state index contributed by atoms with van der Waals surface area (Å²) in [5.74, 6) is 3.22. The Balaban J connectivity index is 1.37. The van der Waals surface area contributed by atoms with E-state index < -0.39 is 0 Å². The zero-order valence-corrected chi connectivity index (χ0v) is 15.7. The Hall–Kier alpha value is -3.15. The zero-order valence-electron chi connectivity index (χ0n) is 15.7. The molecule has 6 heteroatoms. The average Bonchev–Trinajstić information content (AvgIpc) is 3.41. The highest BCUT2D eigenvalue weighted by Gasteiger charge is 2.13. The van der Waals surface area contributed by atoms with Crippen molar-refractivity contribution in [2.24, 2.45) is 0 Å². The fraction of sp³-hybridized carbons (Fsp3) is 0.286. The number of benzene rings is 1. The van der Waals surface area contributed by atoms with E-state index in [1.807, 2.05) is 43.7 Å². The molecule has 0 saturated carbocycles. The summed E-state index contributed by atoms with van der Waals surface area (Å²) >= 11 is 0. The molecule has 0 aliphatic rings. The van der Waals surface area contributed by atoms with Crippen LogP contribution in [0.3, 0.4) is 0 Å². The molecular weight excluding hydrogens is 336 g/mol. The van der Waals surface area contributed by atoms with Crippen LogP contribution in [0.2, 0.25) is 0 Å². The monoisotopic (exact) mass is 360 g/mol. The normalized spacial score (nSPS) is 12.4. The minimum absolute atomic E-state index is 0.286. The number of H-pyrrole nitrogens is 3. The lowest BCUT2D eigenvalue weighted by Crippen LogP contribution is -2.02. The van der Waals surface area contributed by atoms with E-state index in [1.165, 1.54) is 0 Å². The lowest BCUT2D eigenvalue weighted by molar-refractivity contribution is 0.696. The van der Waals surface area contributed by atoms with Crippen LogP contribution in [-0.2, 0) is 19.3 Å². The van der Waals surface area contributed by atoms with Crippen molar-refractivity contribution in [2.45, 2.75) is 39.0 Å². The molecule has 3 aromatic heterocycles. The maximum absolute atomic E-state index is 4.57.